The number of nitrogens with two attached hydrogens (primary N) is 1. The van der Waals surface area contributed by atoms with Crippen LogP contribution >= 0.6 is 35.1 Å². The van der Waals surface area contributed by atoms with E-state index < -0.39 is 0 Å². The highest BCUT2D eigenvalue weighted by atomic mass is 35.5. The van der Waals surface area contributed by atoms with E-state index in [9.17, 15) is 4.79 Å². The zero-order valence-corrected chi connectivity index (χ0v) is 13.4. The van der Waals surface area contributed by atoms with Gasteiger partial charge in [-0.1, -0.05) is 23.4 Å². The first-order valence-corrected chi connectivity index (χ1v) is 8.43. The van der Waals surface area contributed by atoms with Crippen LogP contribution in [0.5, 0.6) is 0 Å². The van der Waals surface area contributed by atoms with Gasteiger partial charge in [-0.3, -0.25) is 4.79 Å². The van der Waals surface area contributed by atoms with E-state index in [4.69, 9.17) is 17.4 Å². The second-order valence-corrected chi connectivity index (χ2v) is 6.51. The Hall–Kier alpha value is -1.38. The summed E-state index contributed by atoms with van der Waals surface area (Å²) < 4.78 is 1.29. The zero-order valence-electron chi connectivity index (χ0n) is 11.0. The predicted octanol–water partition coefficient (Wildman–Crippen LogP) is 1.65. The molecule has 2 aromatic rings. The molecule has 0 aliphatic carbocycles. The van der Waals surface area contributed by atoms with Gasteiger partial charge in [0.2, 0.25) is 11.1 Å². The fraction of sp³-hybridized carbons (Fsp3) is 0.250. The summed E-state index contributed by atoms with van der Waals surface area (Å²) in [5, 5.41) is 11.5. The minimum Gasteiger partial charge on any atom is -0.355 e. The molecule has 6 nitrogen and oxygen atoms in total. The summed E-state index contributed by atoms with van der Waals surface area (Å²) in [6.45, 7) is 0.599. The van der Waals surface area contributed by atoms with Gasteiger partial charge in [-0.15, -0.1) is 22.0 Å². The molecule has 3 N–H and O–H groups in total. The molecule has 0 saturated carbocycles. The van der Waals surface area contributed by atoms with Gasteiger partial charge >= 0.3 is 0 Å². The van der Waals surface area contributed by atoms with Crippen molar-refractivity contribution in [1.29, 1.82) is 0 Å². The molecule has 0 atom stereocenters. The molecule has 2 rings (SSSR count). The van der Waals surface area contributed by atoms with E-state index in [0.717, 1.165) is 15.7 Å². The van der Waals surface area contributed by atoms with E-state index in [1.54, 1.807) is 11.8 Å². The van der Waals surface area contributed by atoms with E-state index in [2.05, 4.69) is 15.5 Å². The fourth-order valence-electron chi connectivity index (χ4n) is 1.41. The number of hydrogen-bond donors (Lipinski definition) is 2. The summed E-state index contributed by atoms with van der Waals surface area (Å²) in [6, 6.07) is 7.61. The SMILES string of the molecule is Nn1cnnc1SCC(=O)NCCSc1ccc(Cl)cc1. The van der Waals surface area contributed by atoms with Crippen LogP contribution in [0.25, 0.3) is 0 Å². The van der Waals surface area contributed by atoms with Crippen LogP contribution in [0.4, 0.5) is 0 Å². The van der Waals surface area contributed by atoms with Crippen LogP contribution in [-0.4, -0.2) is 38.8 Å². The lowest BCUT2D eigenvalue weighted by molar-refractivity contribution is -0.118. The molecular weight excluding hydrogens is 330 g/mol. The van der Waals surface area contributed by atoms with Gasteiger partial charge in [0, 0.05) is 22.2 Å². The number of nitrogens with one attached hydrogen (secondary N) is 1. The highest BCUT2D eigenvalue weighted by molar-refractivity contribution is 7.99. The van der Waals surface area contributed by atoms with Crippen molar-refractivity contribution in [2.75, 3.05) is 23.9 Å². The summed E-state index contributed by atoms with van der Waals surface area (Å²) in [5.74, 6) is 6.56. The highest BCUT2D eigenvalue weighted by Gasteiger charge is 2.06. The van der Waals surface area contributed by atoms with Crippen LogP contribution in [0.3, 0.4) is 0 Å². The van der Waals surface area contributed by atoms with E-state index >= 15 is 0 Å². The lowest BCUT2D eigenvalue weighted by Gasteiger charge is -2.05. The summed E-state index contributed by atoms with van der Waals surface area (Å²) in [4.78, 5) is 12.8. The van der Waals surface area contributed by atoms with Gasteiger partial charge in [0.15, 0.2) is 0 Å². The van der Waals surface area contributed by atoms with Crippen LogP contribution in [0.2, 0.25) is 5.02 Å². The number of hydrogen-bond acceptors (Lipinski definition) is 6. The van der Waals surface area contributed by atoms with E-state index in [1.807, 2.05) is 24.3 Å². The van der Waals surface area contributed by atoms with Gasteiger partial charge in [0.05, 0.1) is 5.75 Å². The molecule has 1 amide bonds. The Morgan fingerprint density at radius 3 is 2.76 bits per heavy atom. The first-order valence-electron chi connectivity index (χ1n) is 6.08. The normalized spacial score (nSPS) is 10.5. The number of carbonyl (C=O) groups excluding carboxylic acids is 1. The monoisotopic (exact) mass is 343 g/mol. The summed E-state index contributed by atoms with van der Waals surface area (Å²) in [6.07, 6.45) is 1.39. The number of rotatable bonds is 7. The Morgan fingerprint density at radius 1 is 1.33 bits per heavy atom. The van der Waals surface area contributed by atoms with Gasteiger partial charge in [-0.25, -0.2) is 4.68 Å². The van der Waals surface area contributed by atoms with Gasteiger partial charge < -0.3 is 11.2 Å². The van der Waals surface area contributed by atoms with Crippen LogP contribution in [0.1, 0.15) is 0 Å². The molecule has 0 aliphatic heterocycles. The minimum absolute atomic E-state index is 0.0558. The van der Waals surface area contributed by atoms with Crippen molar-refractivity contribution in [2.45, 2.75) is 10.1 Å². The standard InChI is InChI=1S/C12H14ClN5OS2/c13-9-1-3-10(4-2-9)20-6-5-15-11(19)7-21-12-17-16-8-18(12)14/h1-4,8H,5-7,14H2,(H,15,19). The summed E-state index contributed by atoms with van der Waals surface area (Å²) >= 11 is 8.73. The quantitative estimate of drug-likeness (QED) is 0.451. The van der Waals surface area contributed by atoms with Crippen molar-refractivity contribution in [1.82, 2.24) is 20.2 Å². The smallest absolute Gasteiger partial charge is 0.230 e. The number of benzene rings is 1. The Morgan fingerprint density at radius 2 is 2.10 bits per heavy atom. The second-order valence-electron chi connectivity index (χ2n) is 3.96. The van der Waals surface area contributed by atoms with Gasteiger partial charge in [-0.05, 0) is 24.3 Å². The van der Waals surface area contributed by atoms with E-state index in [-0.39, 0.29) is 11.7 Å². The number of aromatic nitrogens is 3. The number of nitrogen functional groups attached to an aromatic ring is 1. The van der Waals surface area contributed by atoms with Crippen molar-refractivity contribution in [3.05, 3.63) is 35.6 Å². The maximum Gasteiger partial charge on any atom is 0.230 e. The number of nitrogens with zero attached hydrogens (tertiary/aromatic N) is 3. The van der Waals surface area contributed by atoms with Crippen LogP contribution in [0.15, 0.2) is 40.6 Å². The highest BCUT2D eigenvalue weighted by Crippen LogP contribution is 2.19. The topological polar surface area (TPSA) is 85.8 Å². The molecule has 0 radical (unpaired) electrons. The van der Waals surface area contributed by atoms with Gasteiger partial charge in [0.25, 0.3) is 0 Å². The molecule has 1 aromatic carbocycles. The third-order valence-electron chi connectivity index (χ3n) is 2.38. The third-order valence-corrected chi connectivity index (χ3v) is 4.60. The Labute approximate surface area is 135 Å². The molecule has 0 fully saturated rings. The van der Waals surface area contributed by atoms with Crippen LogP contribution in [0, 0.1) is 0 Å². The Bertz CT molecular complexity index is 590. The molecule has 0 unspecified atom stereocenters. The van der Waals surface area contributed by atoms with Crippen LogP contribution < -0.4 is 11.2 Å². The lowest BCUT2D eigenvalue weighted by atomic mass is 10.4. The average Bonchev–Trinajstić information content (AvgIpc) is 2.89. The first kappa shape index (κ1) is 16.0. The molecular formula is C12H14ClN5OS2. The maximum atomic E-state index is 11.6. The van der Waals surface area contributed by atoms with Crippen LogP contribution in [-0.2, 0) is 4.79 Å². The molecule has 0 aliphatic rings. The molecule has 0 spiro atoms. The zero-order chi connectivity index (χ0) is 15.1. The summed E-state index contributed by atoms with van der Waals surface area (Å²) in [7, 11) is 0. The number of halogens is 1. The Balaban J connectivity index is 1.61. The largest absolute Gasteiger partial charge is 0.355 e. The van der Waals surface area contributed by atoms with Crippen molar-refractivity contribution in [2.24, 2.45) is 0 Å². The third kappa shape index (κ3) is 5.49. The predicted molar refractivity (Wildman–Crippen MR) is 86.1 cm³/mol. The molecule has 0 saturated heterocycles. The molecule has 21 heavy (non-hydrogen) atoms. The van der Waals surface area contributed by atoms with Crippen molar-refractivity contribution >= 4 is 41.0 Å². The number of carbonyl (C=O) groups is 1. The van der Waals surface area contributed by atoms with Crippen molar-refractivity contribution in [3.63, 3.8) is 0 Å². The maximum absolute atomic E-state index is 11.6. The molecule has 1 aromatic heterocycles. The minimum atomic E-state index is -0.0558. The van der Waals surface area contributed by atoms with Crippen molar-refractivity contribution in [3.8, 4) is 0 Å². The number of thioether (sulfide) groups is 2. The average molecular weight is 344 g/mol. The first-order chi connectivity index (χ1) is 10.1. The van der Waals surface area contributed by atoms with Gasteiger partial charge in [-0.2, -0.15) is 0 Å². The van der Waals surface area contributed by atoms with Crippen molar-refractivity contribution < 1.29 is 4.79 Å². The van der Waals surface area contributed by atoms with E-state index in [1.165, 1.54) is 22.8 Å². The molecule has 0 bridgehead atoms. The molecule has 112 valence electrons. The van der Waals surface area contributed by atoms with E-state index in [0.29, 0.717) is 11.7 Å². The summed E-state index contributed by atoms with van der Waals surface area (Å²) in [5.41, 5.74) is 0. The van der Waals surface area contributed by atoms with Gasteiger partial charge in [0.1, 0.15) is 6.33 Å². The molecule has 1 heterocycles. The second kappa shape index (κ2) is 8.16. The lowest BCUT2D eigenvalue weighted by Crippen LogP contribution is -2.27. The number of amides is 1. The molecule has 9 heteroatoms. The fourth-order valence-corrected chi connectivity index (χ4v) is 2.96. The Kier molecular flexibility index (Phi) is 6.21.